The van der Waals surface area contributed by atoms with Gasteiger partial charge in [0.25, 0.3) is 0 Å². The third kappa shape index (κ3) is 4.30. The van der Waals surface area contributed by atoms with Crippen molar-refractivity contribution in [2.75, 3.05) is 14.2 Å². The number of methoxy groups -OCH3 is 2. The standard InChI is InChI=1S/C20H26N2O3S/c1-24-18-11-5-7-15(19(18)25-2)14-22(16-8-3-4-9-16)20(23)21-13-17-10-6-12-26-17/h5-7,10-12,16H,3-4,8-9,13-14H2,1-2H3,(H,21,23). The summed E-state index contributed by atoms with van der Waals surface area (Å²) < 4.78 is 10.9. The number of nitrogens with zero attached hydrogens (tertiary/aromatic N) is 1. The minimum absolute atomic E-state index is 0.0184. The lowest BCUT2D eigenvalue weighted by atomic mass is 10.1. The van der Waals surface area contributed by atoms with Crippen molar-refractivity contribution >= 4 is 17.4 Å². The summed E-state index contributed by atoms with van der Waals surface area (Å²) in [5.41, 5.74) is 0.963. The number of hydrogen-bond acceptors (Lipinski definition) is 4. The number of nitrogens with one attached hydrogen (secondary N) is 1. The number of carbonyl (C=O) groups excluding carboxylic acids is 1. The van der Waals surface area contributed by atoms with Gasteiger partial charge in [0.05, 0.1) is 27.3 Å². The summed E-state index contributed by atoms with van der Waals surface area (Å²) in [4.78, 5) is 16.0. The molecule has 1 aromatic carbocycles. The first-order valence-corrected chi connectivity index (χ1v) is 9.87. The van der Waals surface area contributed by atoms with Crippen LogP contribution in [-0.4, -0.2) is 31.2 Å². The van der Waals surface area contributed by atoms with Crippen molar-refractivity contribution in [3.63, 3.8) is 0 Å². The number of carbonyl (C=O) groups is 1. The third-order valence-corrected chi connectivity index (χ3v) is 5.72. The lowest BCUT2D eigenvalue weighted by Gasteiger charge is -2.30. The van der Waals surface area contributed by atoms with E-state index in [1.54, 1.807) is 25.6 Å². The van der Waals surface area contributed by atoms with Gasteiger partial charge < -0.3 is 19.7 Å². The molecule has 1 aliphatic carbocycles. The van der Waals surface area contributed by atoms with Gasteiger partial charge in [-0.05, 0) is 30.4 Å². The van der Waals surface area contributed by atoms with Gasteiger partial charge in [-0.15, -0.1) is 11.3 Å². The zero-order chi connectivity index (χ0) is 18.4. The van der Waals surface area contributed by atoms with Crippen LogP contribution in [-0.2, 0) is 13.1 Å². The van der Waals surface area contributed by atoms with E-state index < -0.39 is 0 Å². The quantitative estimate of drug-likeness (QED) is 0.780. The maximum atomic E-state index is 12.9. The Labute approximate surface area is 158 Å². The fourth-order valence-electron chi connectivity index (χ4n) is 3.52. The molecule has 0 unspecified atom stereocenters. The van der Waals surface area contributed by atoms with Gasteiger partial charge in [0.15, 0.2) is 11.5 Å². The molecular formula is C20H26N2O3S. The molecule has 0 bridgehead atoms. The molecule has 140 valence electrons. The maximum absolute atomic E-state index is 12.9. The summed E-state index contributed by atoms with van der Waals surface area (Å²) in [6.45, 7) is 1.08. The molecular weight excluding hydrogens is 348 g/mol. The Morgan fingerprint density at radius 1 is 1.19 bits per heavy atom. The molecule has 2 aromatic rings. The van der Waals surface area contributed by atoms with Gasteiger partial charge in [-0.3, -0.25) is 0 Å². The van der Waals surface area contributed by atoms with Gasteiger partial charge in [-0.25, -0.2) is 4.79 Å². The number of rotatable bonds is 7. The van der Waals surface area contributed by atoms with E-state index in [0.29, 0.717) is 24.6 Å². The average molecular weight is 375 g/mol. The van der Waals surface area contributed by atoms with Crippen molar-refractivity contribution in [3.8, 4) is 11.5 Å². The highest BCUT2D eigenvalue weighted by Crippen LogP contribution is 2.33. The van der Waals surface area contributed by atoms with Crippen molar-refractivity contribution in [3.05, 3.63) is 46.2 Å². The fraction of sp³-hybridized carbons (Fsp3) is 0.450. The van der Waals surface area contributed by atoms with Gasteiger partial charge in [-0.1, -0.05) is 31.0 Å². The molecule has 1 aliphatic rings. The van der Waals surface area contributed by atoms with Crippen LogP contribution in [0.2, 0.25) is 0 Å². The van der Waals surface area contributed by atoms with E-state index in [0.717, 1.165) is 23.3 Å². The predicted octanol–water partition coefficient (Wildman–Crippen LogP) is 4.42. The number of hydrogen-bond donors (Lipinski definition) is 1. The SMILES string of the molecule is COc1cccc(CN(C(=O)NCc2cccs2)C2CCCC2)c1OC. The molecule has 6 heteroatoms. The predicted molar refractivity (Wildman–Crippen MR) is 104 cm³/mol. The van der Waals surface area contributed by atoms with Gasteiger partial charge in [0, 0.05) is 16.5 Å². The van der Waals surface area contributed by atoms with Crippen molar-refractivity contribution in [2.24, 2.45) is 0 Å². The minimum Gasteiger partial charge on any atom is -0.493 e. The number of thiophene rings is 1. The van der Waals surface area contributed by atoms with E-state index in [4.69, 9.17) is 9.47 Å². The Morgan fingerprint density at radius 3 is 2.65 bits per heavy atom. The maximum Gasteiger partial charge on any atom is 0.318 e. The zero-order valence-corrected chi connectivity index (χ0v) is 16.2. The van der Waals surface area contributed by atoms with Crippen LogP contribution in [0.1, 0.15) is 36.1 Å². The van der Waals surface area contributed by atoms with Crippen molar-refractivity contribution in [1.29, 1.82) is 0 Å². The molecule has 1 aromatic heterocycles. The highest BCUT2D eigenvalue weighted by Gasteiger charge is 2.28. The number of amides is 2. The highest BCUT2D eigenvalue weighted by atomic mass is 32.1. The van der Waals surface area contributed by atoms with E-state index >= 15 is 0 Å². The Balaban J connectivity index is 1.77. The largest absolute Gasteiger partial charge is 0.493 e. The second kappa shape index (κ2) is 8.94. The van der Waals surface area contributed by atoms with Crippen molar-refractivity contribution < 1.29 is 14.3 Å². The number of urea groups is 1. The summed E-state index contributed by atoms with van der Waals surface area (Å²) in [5, 5.41) is 5.10. The minimum atomic E-state index is -0.0184. The molecule has 2 amide bonds. The van der Waals surface area contributed by atoms with Crippen LogP contribution in [0.5, 0.6) is 11.5 Å². The second-order valence-electron chi connectivity index (χ2n) is 6.46. The van der Waals surface area contributed by atoms with Gasteiger partial charge in [-0.2, -0.15) is 0 Å². The van der Waals surface area contributed by atoms with Crippen LogP contribution in [0.4, 0.5) is 4.79 Å². The molecule has 0 saturated heterocycles. The number of para-hydroxylation sites is 1. The van der Waals surface area contributed by atoms with E-state index in [-0.39, 0.29) is 12.1 Å². The van der Waals surface area contributed by atoms with Crippen LogP contribution in [0, 0.1) is 0 Å². The van der Waals surface area contributed by atoms with Crippen LogP contribution in [0.25, 0.3) is 0 Å². The summed E-state index contributed by atoms with van der Waals surface area (Å²) in [6, 6.07) is 10.1. The zero-order valence-electron chi connectivity index (χ0n) is 15.4. The molecule has 0 spiro atoms. The highest BCUT2D eigenvalue weighted by molar-refractivity contribution is 7.09. The molecule has 1 heterocycles. The Hall–Kier alpha value is -2.21. The molecule has 26 heavy (non-hydrogen) atoms. The van der Waals surface area contributed by atoms with E-state index in [1.165, 1.54) is 12.8 Å². The molecule has 1 saturated carbocycles. The smallest absolute Gasteiger partial charge is 0.318 e. The molecule has 1 N–H and O–H groups in total. The van der Waals surface area contributed by atoms with E-state index in [9.17, 15) is 4.79 Å². The normalized spacial score (nSPS) is 14.2. The summed E-state index contributed by atoms with van der Waals surface area (Å²) in [7, 11) is 3.27. The van der Waals surface area contributed by atoms with Crippen LogP contribution >= 0.6 is 11.3 Å². The second-order valence-corrected chi connectivity index (χ2v) is 7.49. The van der Waals surface area contributed by atoms with Crippen LogP contribution < -0.4 is 14.8 Å². The fourth-order valence-corrected chi connectivity index (χ4v) is 4.17. The lowest BCUT2D eigenvalue weighted by molar-refractivity contribution is 0.169. The average Bonchev–Trinajstić information content (AvgIpc) is 3.37. The Bertz CT molecular complexity index is 712. The van der Waals surface area contributed by atoms with Crippen LogP contribution in [0.3, 0.4) is 0 Å². The molecule has 3 rings (SSSR count). The van der Waals surface area contributed by atoms with Crippen molar-refractivity contribution in [1.82, 2.24) is 10.2 Å². The van der Waals surface area contributed by atoms with Gasteiger partial charge in [0.2, 0.25) is 0 Å². The van der Waals surface area contributed by atoms with Gasteiger partial charge >= 0.3 is 6.03 Å². The number of benzene rings is 1. The molecule has 1 fully saturated rings. The monoisotopic (exact) mass is 374 g/mol. The third-order valence-electron chi connectivity index (χ3n) is 4.85. The van der Waals surface area contributed by atoms with Crippen molar-refractivity contribution in [2.45, 2.75) is 44.8 Å². The summed E-state index contributed by atoms with van der Waals surface area (Å²) >= 11 is 1.65. The molecule has 0 radical (unpaired) electrons. The molecule has 0 atom stereocenters. The Morgan fingerprint density at radius 2 is 2.00 bits per heavy atom. The lowest BCUT2D eigenvalue weighted by Crippen LogP contribution is -2.44. The van der Waals surface area contributed by atoms with Crippen LogP contribution in [0.15, 0.2) is 35.7 Å². The first-order valence-electron chi connectivity index (χ1n) is 8.99. The topological polar surface area (TPSA) is 50.8 Å². The van der Waals surface area contributed by atoms with E-state index in [1.807, 2.05) is 40.6 Å². The van der Waals surface area contributed by atoms with Gasteiger partial charge in [0.1, 0.15) is 0 Å². The number of ether oxygens (including phenoxy) is 2. The first kappa shape index (κ1) is 18.6. The molecule has 0 aliphatic heterocycles. The summed E-state index contributed by atoms with van der Waals surface area (Å²) in [6.07, 6.45) is 4.46. The van der Waals surface area contributed by atoms with E-state index in [2.05, 4.69) is 5.32 Å². The first-order chi connectivity index (χ1) is 12.7. The molecule has 5 nitrogen and oxygen atoms in total. The summed E-state index contributed by atoms with van der Waals surface area (Å²) in [5.74, 6) is 1.39. The Kier molecular flexibility index (Phi) is 6.39.